The van der Waals surface area contributed by atoms with Crippen molar-refractivity contribution in [1.29, 1.82) is 0 Å². The molecule has 0 atom stereocenters. The first-order valence-corrected chi connectivity index (χ1v) is 5.89. The first kappa shape index (κ1) is 16.2. The lowest BCUT2D eigenvalue weighted by molar-refractivity contribution is -0.107. The Morgan fingerprint density at radius 3 is 2.39 bits per heavy atom. The van der Waals surface area contributed by atoms with Gasteiger partial charge in [-0.15, -0.1) is 0 Å². The molecule has 0 saturated heterocycles. The molecule has 4 heteroatoms. The quantitative estimate of drug-likeness (QED) is 0.645. The average molecular weight is 252 g/mol. The van der Waals surface area contributed by atoms with Gasteiger partial charge in [0.1, 0.15) is 6.29 Å². The molecule has 0 amide bonds. The predicted octanol–water partition coefficient (Wildman–Crippen LogP) is 3.16. The normalized spacial score (nSPS) is 9.28. The van der Waals surface area contributed by atoms with Crippen molar-refractivity contribution in [2.75, 3.05) is 6.61 Å². The molecule has 0 aliphatic heterocycles. The molecule has 0 heterocycles. The summed E-state index contributed by atoms with van der Waals surface area (Å²) in [7, 11) is 0. The summed E-state index contributed by atoms with van der Waals surface area (Å²) < 4.78 is 4.27. The van der Waals surface area contributed by atoms with Crippen LogP contribution in [0.2, 0.25) is 0 Å². The largest absolute Gasteiger partial charge is 0.505 e. The van der Waals surface area contributed by atoms with Crippen LogP contribution < -0.4 is 0 Å². The van der Waals surface area contributed by atoms with E-state index in [4.69, 9.17) is 5.11 Å². The number of benzene rings is 1. The maximum Gasteiger partial charge on any atom is 0.505 e. The van der Waals surface area contributed by atoms with Gasteiger partial charge in [-0.05, 0) is 17.9 Å². The molecule has 0 aliphatic rings. The second-order valence-electron chi connectivity index (χ2n) is 4.15. The van der Waals surface area contributed by atoms with Crippen molar-refractivity contribution in [3.8, 4) is 0 Å². The van der Waals surface area contributed by atoms with Crippen LogP contribution in [0.25, 0.3) is 0 Å². The average Bonchev–Trinajstić information content (AvgIpc) is 2.30. The number of carbonyl (C=O) groups excluding carboxylic acids is 1. The molecule has 0 spiro atoms. The fourth-order valence-electron chi connectivity index (χ4n) is 1.09. The van der Waals surface area contributed by atoms with E-state index in [1.54, 1.807) is 0 Å². The van der Waals surface area contributed by atoms with Gasteiger partial charge in [0.15, 0.2) is 0 Å². The van der Waals surface area contributed by atoms with E-state index < -0.39 is 6.16 Å². The zero-order valence-corrected chi connectivity index (χ0v) is 10.8. The molecule has 0 radical (unpaired) electrons. The third-order valence-electron chi connectivity index (χ3n) is 2.08. The summed E-state index contributed by atoms with van der Waals surface area (Å²) in [5, 5.41) is 8.00. The molecule has 1 aromatic rings. The number of aldehydes is 1. The van der Waals surface area contributed by atoms with E-state index in [1.807, 2.05) is 44.2 Å². The first-order valence-electron chi connectivity index (χ1n) is 5.89. The van der Waals surface area contributed by atoms with Crippen LogP contribution in [-0.2, 0) is 16.0 Å². The van der Waals surface area contributed by atoms with Gasteiger partial charge in [0, 0.05) is 6.42 Å². The Hall–Kier alpha value is -1.84. The summed E-state index contributed by atoms with van der Waals surface area (Å²) in [5.74, 6) is 0.504. The number of carboxylic acid groups (broad SMARTS) is 1. The molecular formula is C14H20O4. The van der Waals surface area contributed by atoms with Gasteiger partial charge in [-0.3, -0.25) is 0 Å². The highest BCUT2D eigenvalue weighted by atomic mass is 16.7. The minimum absolute atomic E-state index is 0.312. The lowest BCUT2D eigenvalue weighted by Crippen LogP contribution is -2.03. The highest BCUT2D eigenvalue weighted by Gasteiger charge is 1.97. The van der Waals surface area contributed by atoms with E-state index >= 15 is 0 Å². The molecule has 0 aromatic heterocycles. The second kappa shape index (κ2) is 10.3. The summed E-state index contributed by atoms with van der Waals surface area (Å²) >= 11 is 0. The Morgan fingerprint density at radius 1 is 1.33 bits per heavy atom. The van der Waals surface area contributed by atoms with Gasteiger partial charge in [0.05, 0.1) is 6.61 Å². The number of hydrogen-bond acceptors (Lipinski definition) is 3. The van der Waals surface area contributed by atoms with Crippen molar-refractivity contribution >= 4 is 12.4 Å². The first-order chi connectivity index (χ1) is 8.56. The number of ether oxygens (including phenoxy) is 1. The third-order valence-corrected chi connectivity index (χ3v) is 2.08. The molecule has 1 aromatic carbocycles. The lowest BCUT2D eigenvalue weighted by Gasteiger charge is -2.01. The smallest absolute Gasteiger partial charge is 0.450 e. The van der Waals surface area contributed by atoms with Crippen LogP contribution in [0.5, 0.6) is 0 Å². The van der Waals surface area contributed by atoms with Crippen molar-refractivity contribution in [3.63, 3.8) is 0 Å². The molecule has 100 valence electrons. The highest BCUT2D eigenvalue weighted by molar-refractivity contribution is 5.56. The standard InChI is InChI=1S/C8H8O.C6H12O3/c9-7-6-8-4-2-1-3-5-8;1-5(2)3-4-9-6(7)8/h1-5,7H,6H2;5H,3-4H2,1-2H3,(H,7,8). The van der Waals surface area contributed by atoms with Crippen molar-refractivity contribution in [3.05, 3.63) is 35.9 Å². The van der Waals surface area contributed by atoms with Crippen LogP contribution in [-0.4, -0.2) is 24.2 Å². The Kier molecular flexibility index (Phi) is 9.27. The molecule has 0 bridgehead atoms. The molecule has 0 aliphatic carbocycles. The molecule has 4 nitrogen and oxygen atoms in total. The van der Waals surface area contributed by atoms with Gasteiger partial charge < -0.3 is 14.6 Å². The van der Waals surface area contributed by atoms with E-state index in [2.05, 4.69) is 4.74 Å². The summed E-state index contributed by atoms with van der Waals surface area (Å²) in [4.78, 5) is 19.7. The van der Waals surface area contributed by atoms with Crippen LogP contribution in [0.1, 0.15) is 25.8 Å². The van der Waals surface area contributed by atoms with Gasteiger partial charge in [-0.1, -0.05) is 44.2 Å². The zero-order valence-electron chi connectivity index (χ0n) is 10.8. The molecule has 0 fully saturated rings. The molecule has 1 rings (SSSR count). The lowest BCUT2D eigenvalue weighted by atomic mass is 10.1. The van der Waals surface area contributed by atoms with Crippen LogP contribution in [0.3, 0.4) is 0 Å². The minimum Gasteiger partial charge on any atom is -0.450 e. The monoisotopic (exact) mass is 252 g/mol. The third kappa shape index (κ3) is 10.7. The van der Waals surface area contributed by atoms with Gasteiger partial charge in [0.2, 0.25) is 0 Å². The Balaban J connectivity index is 0.000000321. The summed E-state index contributed by atoms with van der Waals surface area (Å²) in [5.41, 5.74) is 1.08. The van der Waals surface area contributed by atoms with Crippen molar-refractivity contribution in [2.45, 2.75) is 26.7 Å². The predicted molar refractivity (Wildman–Crippen MR) is 69.6 cm³/mol. The van der Waals surface area contributed by atoms with Crippen molar-refractivity contribution in [2.24, 2.45) is 5.92 Å². The molecule has 0 saturated carbocycles. The van der Waals surface area contributed by atoms with E-state index in [0.29, 0.717) is 18.9 Å². The van der Waals surface area contributed by atoms with Gasteiger partial charge in [-0.25, -0.2) is 4.79 Å². The fraction of sp³-hybridized carbons (Fsp3) is 0.429. The number of carbonyl (C=O) groups is 2. The summed E-state index contributed by atoms with van der Waals surface area (Å²) in [6.07, 6.45) is 1.05. The minimum atomic E-state index is -1.18. The Bertz CT molecular complexity index is 333. The van der Waals surface area contributed by atoms with Gasteiger partial charge in [0.25, 0.3) is 0 Å². The fourth-order valence-corrected chi connectivity index (χ4v) is 1.09. The van der Waals surface area contributed by atoms with Crippen molar-refractivity contribution < 1.29 is 19.4 Å². The number of hydrogen-bond donors (Lipinski definition) is 1. The maximum absolute atomic E-state index is 9.97. The maximum atomic E-state index is 9.97. The van der Waals surface area contributed by atoms with Crippen molar-refractivity contribution in [1.82, 2.24) is 0 Å². The van der Waals surface area contributed by atoms with Crippen LogP contribution >= 0.6 is 0 Å². The van der Waals surface area contributed by atoms with Crippen LogP contribution in [0.4, 0.5) is 4.79 Å². The van der Waals surface area contributed by atoms with E-state index in [-0.39, 0.29) is 0 Å². The molecule has 18 heavy (non-hydrogen) atoms. The highest BCUT2D eigenvalue weighted by Crippen LogP contribution is 1.98. The van der Waals surface area contributed by atoms with Gasteiger partial charge >= 0.3 is 6.16 Å². The SMILES string of the molecule is CC(C)CCOC(=O)O.O=CCc1ccccc1. The van der Waals surface area contributed by atoms with E-state index in [1.165, 1.54) is 0 Å². The molecule has 0 unspecified atom stereocenters. The zero-order chi connectivity index (χ0) is 13.8. The van der Waals surface area contributed by atoms with E-state index in [0.717, 1.165) is 18.3 Å². The van der Waals surface area contributed by atoms with Crippen LogP contribution in [0, 0.1) is 5.92 Å². The summed E-state index contributed by atoms with van der Waals surface area (Å²) in [6.45, 7) is 4.35. The Morgan fingerprint density at radius 2 is 1.94 bits per heavy atom. The van der Waals surface area contributed by atoms with Crippen LogP contribution in [0.15, 0.2) is 30.3 Å². The molecular weight excluding hydrogens is 232 g/mol. The second-order valence-corrected chi connectivity index (χ2v) is 4.15. The topological polar surface area (TPSA) is 63.6 Å². The van der Waals surface area contributed by atoms with Gasteiger partial charge in [-0.2, -0.15) is 0 Å². The number of rotatable bonds is 5. The summed E-state index contributed by atoms with van der Waals surface area (Å²) in [6, 6.07) is 9.68. The Labute approximate surface area is 108 Å². The molecule has 1 N–H and O–H groups in total. The van der Waals surface area contributed by atoms with E-state index in [9.17, 15) is 9.59 Å².